The highest BCUT2D eigenvalue weighted by Gasteiger charge is 2.26. The predicted octanol–water partition coefficient (Wildman–Crippen LogP) is 3.35. The standard InChI is InChI=1S/C23H21BrFN3O4/c24-15-3-1-13(2-4-15)11-28-12-17(23(31)32)21(29)16-9-18(25)20(10-19(16)28)27-7-5-14(6-8-27)22(26)30/h1-4,9-10,12,14H,5-8,11H2,(H2,26,30)(H,31,32). The Labute approximate surface area is 191 Å². The van der Waals surface area contributed by atoms with Crippen LogP contribution in [-0.4, -0.2) is 34.6 Å². The molecule has 1 aliphatic heterocycles. The Morgan fingerprint density at radius 3 is 2.41 bits per heavy atom. The fourth-order valence-corrected chi connectivity index (χ4v) is 4.38. The van der Waals surface area contributed by atoms with Gasteiger partial charge >= 0.3 is 5.97 Å². The molecule has 0 aliphatic carbocycles. The van der Waals surface area contributed by atoms with Crippen molar-refractivity contribution < 1.29 is 19.1 Å². The number of hydrogen-bond donors (Lipinski definition) is 2. The van der Waals surface area contributed by atoms with Crippen LogP contribution >= 0.6 is 15.9 Å². The number of carbonyl (C=O) groups excluding carboxylic acids is 1. The van der Waals surface area contributed by atoms with Gasteiger partial charge in [0.2, 0.25) is 11.3 Å². The Morgan fingerprint density at radius 2 is 1.81 bits per heavy atom. The van der Waals surface area contributed by atoms with Crippen LogP contribution in [0.3, 0.4) is 0 Å². The molecule has 7 nitrogen and oxygen atoms in total. The van der Waals surface area contributed by atoms with Gasteiger partial charge in [0.05, 0.1) is 11.2 Å². The predicted molar refractivity (Wildman–Crippen MR) is 123 cm³/mol. The summed E-state index contributed by atoms with van der Waals surface area (Å²) < 4.78 is 17.6. The lowest BCUT2D eigenvalue weighted by Crippen LogP contribution is -2.39. The van der Waals surface area contributed by atoms with Gasteiger partial charge in [-0.1, -0.05) is 28.1 Å². The van der Waals surface area contributed by atoms with Crippen molar-refractivity contribution in [2.24, 2.45) is 11.7 Å². The maximum absolute atomic E-state index is 15.0. The molecule has 166 valence electrons. The number of amides is 1. The number of halogens is 2. The summed E-state index contributed by atoms with van der Waals surface area (Å²) in [4.78, 5) is 37.7. The van der Waals surface area contributed by atoms with Gasteiger partial charge in [-0.05, 0) is 42.7 Å². The molecular weight excluding hydrogens is 481 g/mol. The highest BCUT2D eigenvalue weighted by Crippen LogP contribution is 2.29. The molecule has 0 spiro atoms. The number of aromatic nitrogens is 1. The third-order valence-corrected chi connectivity index (χ3v) is 6.41. The van der Waals surface area contributed by atoms with Crippen molar-refractivity contribution in [3.8, 4) is 0 Å². The molecule has 0 saturated carbocycles. The summed E-state index contributed by atoms with van der Waals surface area (Å²) in [6.45, 7) is 1.22. The van der Waals surface area contributed by atoms with E-state index in [1.807, 2.05) is 29.2 Å². The van der Waals surface area contributed by atoms with Crippen molar-refractivity contribution in [1.29, 1.82) is 0 Å². The Hall–Kier alpha value is -3.20. The molecule has 1 aliphatic rings. The minimum atomic E-state index is -1.36. The molecule has 3 aromatic rings. The molecule has 0 bridgehead atoms. The highest BCUT2D eigenvalue weighted by atomic mass is 79.9. The number of nitrogens with two attached hydrogens (primary N) is 1. The number of carbonyl (C=O) groups is 2. The van der Waals surface area contributed by atoms with Crippen LogP contribution in [0.1, 0.15) is 28.8 Å². The molecule has 1 aromatic heterocycles. The van der Waals surface area contributed by atoms with E-state index in [9.17, 15) is 19.5 Å². The summed E-state index contributed by atoms with van der Waals surface area (Å²) in [5.74, 6) is -2.55. The van der Waals surface area contributed by atoms with E-state index in [4.69, 9.17) is 5.73 Å². The number of primary amides is 1. The summed E-state index contributed by atoms with van der Waals surface area (Å²) in [5.41, 5.74) is 5.90. The molecule has 1 amide bonds. The molecule has 4 rings (SSSR count). The molecule has 3 N–H and O–H groups in total. The first-order valence-electron chi connectivity index (χ1n) is 10.1. The first kappa shape index (κ1) is 22.0. The van der Waals surface area contributed by atoms with E-state index in [-0.39, 0.29) is 17.2 Å². The fourth-order valence-electron chi connectivity index (χ4n) is 4.12. The number of rotatable bonds is 5. The summed E-state index contributed by atoms with van der Waals surface area (Å²) >= 11 is 3.38. The first-order chi connectivity index (χ1) is 15.2. The van der Waals surface area contributed by atoms with Gasteiger partial charge in [-0.3, -0.25) is 9.59 Å². The number of nitrogens with zero attached hydrogens (tertiary/aromatic N) is 2. The van der Waals surface area contributed by atoms with Gasteiger partial charge in [0.1, 0.15) is 11.4 Å². The third-order valence-electron chi connectivity index (χ3n) is 5.88. The minimum absolute atomic E-state index is 0.00952. The van der Waals surface area contributed by atoms with Crippen LogP contribution in [0, 0.1) is 11.7 Å². The number of piperidine rings is 1. The normalized spacial score (nSPS) is 14.6. The van der Waals surface area contributed by atoms with Gasteiger partial charge in [0.15, 0.2) is 0 Å². The zero-order valence-corrected chi connectivity index (χ0v) is 18.6. The van der Waals surface area contributed by atoms with Gasteiger partial charge in [0.25, 0.3) is 0 Å². The third kappa shape index (κ3) is 4.25. The summed E-state index contributed by atoms with van der Waals surface area (Å²) in [6.07, 6.45) is 2.35. The molecule has 1 fully saturated rings. The topological polar surface area (TPSA) is 106 Å². The van der Waals surface area contributed by atoms with Crippen LogP contribution in [0.25, 0.3) is 10.9 Å². The summed E-state index contributed by atoms with van der Waals surface area (Å²) in [5, 5.41) is 9.50. The second-order valence-electron chi connectivity index (χ2n) is 7.92. The van der Waals surface area contributed by atoms with Crippen LogP contribution < -0.4 is 16.1 Å². The van der Waals surface area contributed by atoms with Gasteiger partial charge in [0, 0.05) is 41.6 Å². The van der Waals surface area contributed by atoms with Crippen molar-refractivity contribution in [3.05, 3.63) is 74.2 Å². The molecule has 2 heterocycles. The first-order valence-corrected chi connectivity index (χ1v) is 10.9. The van der Waals surface area contributed by atoms with Crippen molar-refractivity contribution in [2.45, 2.75) is 19.4 Å². The number of aromatic carboxylic acids is 1. The minimum Gasteiger partial charge on any atom is -0.477 e. The molecule has 0 unspecified atom stereocenters. The van der Waals surface area contributed by atoms with Gasteiger partial charge in [-0.2, -0.15) is 0 Å². The van der Waals surface area contributed by atoms with Crippen LogP contribution in [0.2, 0.25) is 0 Å². The lowest BCUT2D eigenvalue weighted by molar-refractivity contribution is -0.122. The number of carboxylic acid groups (broad SMARTS) is 1. The lowest BCUT2D eigenvalue weighted by atomic mass is 9.95. The Bertz CT molecular complexity index is 1260. The average Bonchev–Trinajstić information content (AvgIpc) is 2.77. The van der Waals surface area contributed by atoms with E-state index in [2.05, 4.69) is 15.9 Å². The molecule has 32 heavy (non-hydrogen) atoms. The average molecular weight is 502 g/mol. The summed E-state index contributed by atoms with van der Waals surface area (Å²) in [7, 11) is 0. The lowest BCUT2D eigenvalue weighted by Gasteiger charge is -2.32. The van der Waals surface area contributed by atoms with Crippen LogP contribution in [0.4, 0.5) is 10.1 Å². The van der Waals surface area contributed by atoms with Crippen molar-refractivity contribution in [3.63, 3.8) is 0 Å². The number of fused-ring (bicyclic) bond motifs is 1. The highest BCUT2D eigenvalue weighted by molar-refractivity contribution is 9.10. The van der Waals surface area contributed by atoms with Crippen molar-refractivity contribution in [2.75, 3.05) is 18.0 Å². The van der Waals surface area contributed by atoms with Crippen molar-refractivity contribution >= 4 is 44.4 Å². The molecule has 1 saturated heterocycles. The maximum Gasteiger partial charge on any atom is 0.341 e. The number of pyridine rings is 1. The van der Waals surface area contributed by atoms with E-state index in [0.717, 1.165) is 16.1 Å². The maximum atomic E-state index is 15.0. The zero-order chi connectivity index (χ0) is 23.0. The van der Waals surface area contributed by atoms with Gasteiger partial charge in [-0.15, -0.1) is 0 Å². The number of carboxylic acids is 1. The Balaban J connectivity index is 1.82. The van der Waals surface area contributed by atoms with E-state index in [1.54, 1.807) is 10.6 Å². The molecule has 0 atom stereocenters. The molecule has 0 radical (unpaired) electrons. The molecule has 9 heteroatoms. The van der Waals surface area contributed by atoms with E-state index >= 15 is 4.39 Å². The smallest absolute Gasteiger partial charge is 0.341 e. The SMILES string of the molecule is NC(=O)C1CCN(c2cc3c(cc2F)c(=O)c(C(=O)O)cn3Cc2ccc(Br)cc2)CC1. The van der Waals surface area contributed by atoms with Gasteiger partial charge < -0.3 is 20.3 Å². The quantitative estimate of drug-likeness (QED) is 0.557. The van der Waals surface area contributed by atoms with E-state index in [0.29, 0.717) is 43.7 Å². The number of hydrogen-bond acceptors (Lipinski definition) is 4. The van der Waals surface area contributed by atoms with Crippen LogP contribution in [0.15, 0.2) is 51.9 Å². The second-order valence-corrected chi connectivity index (χ2v) is 8.83. The van der Waals surface area contributed by atoms with Gasteiger partial charge in [-0.25, -0.2) is 9.18 Å². The fraction of sp³-hybridized carbons (Fsp3) is 0.261. The Kier molecular flexibility index (Phi) is 6.01. The van der Waals surface area contributed by atoms with Crippen LogP contribution in [-0.2, 0) is 11.3 Å². The van der Waals surface area contributed by atoms with Crippen LogP contribution in [0.5, 0.6) is 0 Å². The summed E-state index contributed by atoms with van der Waals surface area (Å²) in [6, 6.07) is 10.2. The molecular formula is C23H21BrFN3O4. The van der Waals surface area contributed by atoms with E-state index in [1.165, 1.54) is 6.20 Å². The number of benzene rings is 2. The second kappa shape index (κ2) is 8.74. The molecule has 2 aromatic carbocycles. The monoisotopic (exact) mass is 501 g/mol. The largest absolute Gasteiger partial charge is 0.477 e. The zero-order valence-electron chi connectivity index (χ0n) is 17.1. The van der Waals surface area contributed by atoms with E-state index < -0.39 is 22.8 Å². The van der Waals surface area contributed by atoms with Crippen molar-refractivity contribution in [1.82, 2.24) is 4.57 Å². The number of anilines is 1. The Morgan fingerprint density at radius 1 is 1.16 bits per heavy atom.